The maximum Gasteiger partial charge on any atom is 0.0388 e. The first kappa shape index (κ1) is 18.1. The van der Waals surface area contributed by atoms with E-state index in [1.165, 1.54) is 5.56 Å². The van der Waals surface area contributed by atoms with E-state index in [1.807, 2.05) is 12.2 Å². The van der Waals surface area contributed by atoms with Crippen LogP contribution in [0.5, 0.6) is 0 Å². The number of allylic oxidation sites excluding steroid dienone is 2. The lowest BCUT2D eigenvalue weighted by atomic mass is 9.96. The van der Waals surface area contributed by atoms with Crippen LogP contribution >= 0.6 is 23.2 Å². The van der Waals surface area contributed by atoms with Gasteiger partial charge in [-0.25, -0.2) is 0 Å². The zero-order valence-electron chi connectivity index (χ0n) is 12.5. The lowest BCUT2D eigenvalue weighted by molar-refractivity contribution is 0.298. The summed E-state index contributed by atoms with van der Waals surface area (Å²) in [6.45, 7) is 10.1. The van der Waals surface area contributed by atoms with Gasteiger partial charge in [0.25, 0.3) is 0 Å². The first-order valence-corrected chi connectivity index (χ1v) is 8.20. The van der Waals surface area contributed by atoms with Gasteiger partial charge in [0.05, 0.1) is 0 Å². The van der Waals surface area contributed by atoms with Crippen LogP contribution in [0.4, 0.5) is 5.69 Å². The average molecular weight is 327 g/mol. The molecule has 0 unspecified atom stereocenters. The number of benzene rings is 1. The predicted molar refractivity (Wildman–Crippen MR) is 95.4 cm³/mol. The van der Waals surface area contributed by atoms with E-state index in [4.69, 9.17) is 28.9 Å². The van der Waals surface area contributed by atoms with E-state index in [1.54, 1.807) is 0 Å². The van der Waals surface area contributed by atoms with Gasteiger partial charge in [0, 0.05) is 37.1 Å². The van der Waals surface area contributed by atoms with Crippen molar-refractivity contribution < 1.29 is 0 Å². The lowest BCUT2D eigenvalue weighted by Crippen LogP contribution is -2.28. The lowest BCUT2D eigenvalue weighted by Gasteiger charge is -2.23. The predicted octanol–water partition coefficient (Wildman–Crippen LogP) is 4.01. The van der Waals surface area contributed by atoms with Crippen molar-refractivity contribution in [3.63, 3.8) is 0 Å². The standard InChI is InChI=1S/C17H24Cl2N2/c1-3-5-14-7-8-15(16(6-4-2)17(14)20)13-21(11-9-18)12-10-19/h3-4,7-8H,1-2,5-6,9-13,20H2. The van der Waals surface area contributed by atoms with Crippen LogP contribution in [0.1, 0.15) is 16.7 Å². The molecule has 4 heteroatoms. The van der Waals surface area contributed by atoms with Gasteiger partial charge in [0.1, 0.15) is 0 Å². The number of hydrogen-bond donors (Lipinski definition) is 1. The summed E-state index contributed by atoms with van der Waals surface area (Å²) in [5, 5.41) is 0. The number of anilines is 1. The number of nitrogens with zero attached hydrogens (tertiary/aromatic N) is 1. The molecule has 0 spiro atoms. The number of halogens is 2. The molecule has 116 valence electrons. The molecule has 1 rings (SSSR count). The molecule has 1 aromatic rings. The molecule has 0 saturated heterocycles. The monoisotopic (exact) mass is 326 g/mol. The van der Waals surface area contributed by atoms with E-state index in [0.29, 0.717) is 11.8 Å². The van der Waals surface area contributed by atoms with Crippen LogP contribution in [0.2, 0.25) is 0 Å². The van der Waals surface area contributed by atoms with Crippen molar-refractivity contribution in [2.24, 2.45) is 0 Å². The summed E-state index contributed by atoms with van der Waals surface area (Å²) >= 11 is 11.7. The molecular formula is C17H24Cl2N2. The second kappa shape index (κ2) is 9.88. The van der Waals surface area contributed by atoms with Crippen molar-refractivity contribution in [3.05, 3.63) is 54.1 Å². The van der Waals surface area contributed by atoms with Crippen molar-refractivity contribution in [3.8, 4) is 0 Å². The second-order valence-corrected chi connectivity index (χ2v) is 5.67. The van der Waals surface area contributed by atoms with Crippen LogP contribution in [-0.2, 0) is 19.4 Å². The summed E-state index contributed by atoms with van der Waals surface area (Å²) in [6.07, 6.45) is 5.31. The number of rotatable bonds is 10. The summed E-state index contributed by atoms with van der Waals surface area (Å²) in [5.74, 6) is 1.19. The summed E-state index contributed by atoms with van der Waals surface area (Å²) in [7, 11) is 0. The highest BCUT2D eigenvalue weighted by atomic mass is 35.5. The zero-order chi connectivity index (χ0) is 15.7. The molecule has 0 heterocycles. The third-order valence-corrected chi connectivity index (χ3v) is 3.79. The minimum Gasteiger partial charge on any atom is -0.398 e. The summed E-state index contributed by atoms with van der Waals surface area (Å²) < 4.78 is 0. The molecule has 0 fully saturated rings. The third kappa shape index (κ3) is 5.39. The third-order valence-electron chi connectivity index (χ3n) is 3.45. The number of alkyl halides is 2. The van der Waals surface area contributed by atoms with Crippen molar-refractivity contribution in [2.75, 3.05) is 30.6 Å². The molecule has 0 aromatic heterocycles. The molecule has 0 radical (unpaired) electrons. The van der Waals surface area contributed by atoms with Gasteiger partial charge in [-0.2, -0.15) is 0 Å². The molecule has 0 aliphatic carbocycles. The minimum atomic E-state index is 0.595. The van der Waals surface area contributed by atoms with Gasteiger partial charge in [0.2, 0.25) is 0 Å². The van der Waals surface area contributed by atoms with Crippen molar-refractivity contribution in [1.29, 1.82) is 0 Å². The van der Waals surface area contributed by atoms with Crippen LogP contribution in [0.15, 0.2) is 37.4 Å². The quantitative estimate of drug-likeness (QED) is 0.400. The molecule has 2 nitrogen and oxygen atoms in total. The first-order chi connectivity index (χ1) is 10.2. The van der Waals surface area contributed by atoms with E-state index in [-0.39, 0.29) is 0 Å². The SMILES string of the molecule is C=CCc1ccc(CN(CCCl)CCCl)c(CC=C)c1N. The van der Waals surface area contributed by atoms with Crippen LogP contribution in [0, 0.1) is 0 Å². The Morgan fingerprint density at radius 1 is 1.00 bits per heavy atom. The van der Waals surface area contributed by atoms with Crippen molar-refractivity contribution >= 4 is 28.9 Å². The van der Waals surface area contributed by atoms with Crippen LogP contribution in [0.25, 0.3) is 0 Å². The summed E-state index contributed by atoms with van der Waals surface area (Å²) in [4.78, 5) is 2.24. The number of nitrogens with two attached hydrogens (primary N) is 1. The Bertz CT molecular complexity index is 466. The van der Waals surface area contributed by atoms with E-state index < -0.39 is 0 Å². The Balaban J connectivity index is 3.06. The van der Waals surface area contributed by atoms with Gasteiger partial charge in [-0.1, -0.05) is 24.3 Å². The molecule has 0 bridgehead atoms. The van der Waals surface area contributed by atoms with Gasteiger partial charge in [-0.3, -0.25) is 4.90 Å². The largest absolute Gasteiger partial charge is 0.398 e. The number of hydrogen-bond acceptors (Lipinski definition) is 2. The van der Waals surface area contributed by atoms with Gasteiger partial charge in [0.15, 0.2) is 0 Å². The van der Waals surface area contributed by atoms with Crippen molar-refractivity contribution in [1.82, 2.24) is 4.90 Å². The molecule has 1 aromatic carbocycles. The Hall–Kier alpha value is -0.960. The Morgan fingerprint density at radius 2 is 1.57 bits per heavy atom. The Labute approximate surface area is 138 Å². The Kier molecular flexibility index (Phi) is 8.51. The topological polar surface area (TPSA) is 29.3 Å². The molecular weight excluding hydrogens is 303 g/mol. The molecule has 0 amide bonds. The molecule has 0 aliphatic rings. The molecule has 21 heavy (non-hydrogen) atoms. The average Bonchev–Trinajstić information content (AvgIpc) is 2.46. The van der Waals surface area contributed by atoms with E-state index >= 15 is 0 Å². The highest BCUT2D eigenvalue weighted by Crippen LogP contribution is 2.25. The molecule has 2 N–H and O–H groups in total. The fraction of sp³-hybridized carbons (Fsp3) is 0.412. The molecule has 0 saturated carbocycles. The smallest absolute Gasteiger partial charge is 0.0388 e. The summed E-state index contributed by atoms with van der Waals surface area (Å²) in [6, 6.07) is 4.22. The minimum absolute atomic E-state index is 0.595. The molecule has 0 atom stereocenters. The van der Waals surface area contributed by atoms with Crippen LogP contribution in [0.3, 0.4) is 0 Å². The fourth-order valence-electron chi connectivity index (χ4n) is 2.38. The Morgan fingerprint density at radius 3 is 2.10 bits per heavy atom. The highest BCUT2D eigenvalue weighted by molar-refractivity contribution is 6.18. The van der Waals surface area contributed by atoms with Crippen LogP contribution < -0.4 is 5.73 Å². The zero-order valence-corrected chi connectivity index (χ0v) is 14.0. The van der Waals surface area contributed by atoms with Gasteiger partial charge in [-0.05, 0) is 29.5 Å². The normalized spacial score (nSPS) is 10.8. The fourth-order valence-corrected chi connectivity index (χ4v) is 2.85. The van der Waals surface area contributed by atoms with Crippen LogP contribution in [-0.4, -0.2) is 29.7 Å². The maximum atomic E-state index is 6.31. The van der Waals surface area contributed by atoms with Crippen molar-refractivity contribution in [2.45, 2.75) is 19.4 Å². The van der Waals surface area contributed by atoms with E-state index in [2.05, 4.69) is 30.2 Å². The number of nitrogen functional groups attached to an aromatic ring is 1. The van der Waals surface area contributed by atoms with E-state index in [9.17, 15) is 0 Å². The maximum absolute atomic E-state index is 6.31. The first-order valence-electron chi connectivity index (χ1n) is 7.13. The van der Waals surface area contributed by atoms with Gasteiger partial charge in [-0.15, -0.1) is 36.4 Å². The van der Waals surface area contributed by atoms with E-state index in [0.717, 1.165) is 49.3 Å². The second-order valence-electron chi connectivity index (χ2n) is 4.92. The highest BCUT2D eigenvalue weighted by Gasteiger charge is 2.12. The summed E-state index contributed by atoms with van der Waals surface area (Å²) in [5.41, 5.74) is 10.7. The van der Waals surface area contributed by atoms with Gasteiger partial charge < -0.3 is 5.73 Å². The van der Waals surface area contributed by atoms with Gasteiger partial charge >= 0.3 is 0 Å². The molecule has 0 aliphatic heterocycles.